The van der Waals surface area contributed by atoms with Crippen molar-refractivity contribution >= 4 is 17.7 Å². The first kappa shape index (κ1) is 15.8. The van der Waals surface area contributed by atoms with Crippen molar-refractivity contribution in [3.05, 3.63) is 11.6 Å². The van der Waals surface area contributed by atoms with E-state index in [1.54, 1.807) is 4.90 Å². The van der Waals surface area contributed by atoms with Gasteiger partial charge in [0.25, 0.3) is 0 Å². The van der Waals surface area contributed by atoms with Crippen molar-refractivity contribution in [2.24, 2.45) is 23.7 Å². The lowest BCUT2D eigenvalue weighted by Gasteiger charge is -2.29. The van der Waals surface area contributed by atoms with E-state index < -0.39 is 0 Å². The molecule has 1 aromatic rings. The summed E-state index contributed by atoms with van der Waals surface area (Å²) in [5.74, 6) is 2.40. The maximum Gasteiger partial charge on any atom is 0.243 e. The Kier molecular flexibility index (Phi) is 3.15. The van der Waals surface area contributed by atoms with Gasteiger partial charge < -0.3 is 9.47 Å². The van der Waals surface area contributed by atoms with Crippen LogP contribution in [0.25, 0.3) is 0 Å². The van der Waals surface area contributed by atoms with Crippen molar-refractivity contribution in [2.45, 2.75) is 51.1 Å². The van der Waals surface area contributed by atoms with Gasteiger partial charge in [-0.25, -0.2) is 0 Å². The number of likely N-dealkylation sites (tertiary alicyclic amines) is 1. The van der Waals surface area contributed by atoms with Crippen LogP contribution in [0.5, 0.6) is 0 Å². The Hall–Kier alpha value is -2.25. The van der Waals surface area contributed by atoms with E-state index >= 15 is 0 Å². The van der Waals surface area contributed by atoms with Crippen molar-refractivity contribution in [1.29, 1.82) is 0 Å². The minimum atomic E-state index is -0.161. The molecule has 1 saturated heterocycles. The molecule has 2 aliphatic heterocycles. The van der Waals surface area contributed by atoms with E-state index in [0.717, 1.165) is 30.9 Å². The summed E-state index contributed by atoms with van der Waals surface area (Å²) in [6.45, 7) is 1.57. The maximum absolute atomic E-state index is 12.8. The number of rotatable bonds is 3. The number of aromatic nitrogens is 3. The summed E-state index contributed by atoms with van der Waals surface area (Å²) in [5, 5.41) is 8.56. The monoisotopic (exact) mass is 369 g/mol. The first-order chi connectivity index (χ1) is 13.1. The van der Waals surface area contributed by atoms with Crippen LogP contribution in [0.1, 0.15) is 49.7 Å². The first-order valence-corrected chi connectivity index (χ1v) is 10.2. The van der Waals surface area contributed by atoms with E-state index in [2.05, 4.69) is 14.8 Å². The second-order valence-electron chi connectivity index (χ2n) is 8.86. The molecule has 4 unspecified atom stereocenters. The number of carbonyl (C=O) groups excluding carboxylic acids is 3. The van der Waals surface area contributed by atoms with E-state index in [1.165, 1.54) is 17.7 Å². The number of hydrogen-bond donors (Lipinski definition) is 0. The largest absolute Gasteiger partial charge is 0.332 e. The van der Waals surface area contributed by atoms with Gasteiger partial charge in [-0.3, -0.25) is 19.3 Å². The molecule has 4 atom stereocenters. The number of amides is 3. The van der Waals surface area contributed by atoms with E-state index in [1.807, 2.05) is 0 Å². The van der Waals surface area contributed by atoms with Crippen molar-refractivity contribution in [3.63, 3.8) is 0 Å². The molecule has 8 nitrogen and oxygen atoms in total. The fourth-order valence-electron chi connectivity index (χ4n) is 5.90. The van der Waals surface area contributed by atoms with Crippen LogP contribution in [0.4, 0.5) is 0 Å². The summed E-state index contributed by atoms with van der Waals surface area (Å²) in [7, 11) is 0. The molecular formula is C19H23N5O3. The molecule has 0 radical (unpaired) electrons. The Morgan fingerprint density at radius 2 is 1.67 bits per heavy atom. The van der Waals surface area contributed by atoms with Gasteiger partial charge in [0.1, 0.15) is 12.4 Å². The number of hydrogen-bond acceptors (Lipinski definition) is 5. The smallest absolute Gasteiger partial charge is 0.243 e. The third kappa shape index (κ3) is 2.18. The van der Waals surface area contributed by atoms with Crippen LogP contribution in [0, 0.1) is 23.7 Å². The fraction of sp³-hybridized carbons (Fsp3) is 0.737. The van der Waals surface area contributed by atoms with Gasteiger partial charge in [0.2, 0.25) is 17.7 Å². The topological polar surface area (TPSA) is 88.4 Å². The Morgan fingerprint density at radius 3 is 2.33 bits per heavy atom. The zero-order valence-electron chi connectivity index (χ0n) is 15.2. The number of imide groups is 1. The van der Waals surface area contributed by atoms with Gasteiger partial charge in [0.15, 0.2) is 5.82 Å². The highest BCUT2D eigenvalue weighted by Crippen LogP contribution is 2.56. The zero-order chi connectivity index (χ0) is 18.3. The normalized spacial score (nSPS) is 34.4. The SMILES string of the molecule is O=C(CN1C(=O)C2C3CCC(C3)C2C1=O)N1CCn2c(nnc2C2CC2)C1. The van der Waals surface area contributed by atoms with Gasteiger partial charge >= 0.3 is 0 Å². The van der Waals surface area contributed by atoms with E-state index in [-0.39, 0.29) is 36.1 Å². The second kappa shape index (κ2) is 5.39. The van der Waals surface area contributed by atoms with Gasteiger partial charge in [-0.15, -0.1) is 10.2 Å². The Balaban J connectivity index is 1.16. The Morgan fingerprint density at radius 1 is 0.963 bits per heavy atom. The van der Waals surface area contributed by atoms with E-state index in [0.29, 0.717) is 37.4 Å². The molecular weight excluding hydrogens is 346 g/mol. The zero-order valence-corrected chi connectivity index (χ0v) is 15.2. The predicted octanol–water partition coefficient (Wildman–Crippen LogP) is 0.529. The highest BCUT2D eigenvalue weighted by molar-refractivity contribution is 6.08. The van der Waals surface area contributed by atoms with Crippen molar-refractivity contribution in [3.8, 4) is 0 Å². The first-order valence-electron chi connectivity index (χ1n) is 10.2. The standard InChI is InChI=1S/C19H23N5O3/c25-14(22-5-6-23-13(8-22)20-21-17(23)10-1-2-10)9-24-18(26)15-11-3-4-12(7-11)16(15)19(24)27/h10-12,15-16H,1-9H2. The lowest BCUT2D eigenvalue weighted by atomic mass is 9.81. The molecule has 6 rings (SSSR count). The molecule has 0 aromatic carbocycles. The van der Waals surface area contributed by atoms with Crippen LogP contribution in [-0.2, 0) is 27.5 Å². The summed E-state index contributed by atoms with van der Waals surface area (Å²) in [6.07, 6.45) is 5.46. The van der Waals surface area contributed by atoms with Crippen molar-refractivity contribution in [1.82, 2.24) is 24.6 Å². The summed E-state index contributed by atoms with van der Waals surface area (Å²) in [5.41, 5.74) is 0. The molecule has 3 heterocycles. The van der Waals surface area contributed by atoms with Gasteiger partial charge in [0.05, 0.1) is 18.4 Å². The van der Waals surface area contributed by atoms with Crippen molar-refractivity contribution in [2.75, 3.05) is 13.1 Å². The third-order valence-electron chi connectivity index (χ3n) is 7.39. The molecule has 3 aliphatic carbocycles. The highest BCUT2D eigenvalue weighted by Gasteiger charge is 2.61. The summed E-state index contributed by atoms with van der Waals surface area (Å²) >= 11 is 0. The third-order valence-corrected chi connectivity index (χ3v) is 7.39. The lowest BCUT2D eigenvalue weighted by Crippen LogP contribution is -2.46. The summed E-state index contributed by atoms with van der Waals surface area (Å²) in [6, 6.07) is 0. The van der Waals surface area contributed by atoms with Crippen molar-refractivity contribution < 1.29 is 14.4 Å². The van der Waals surface area contributed by atoms with Crippen LogP contribution in [0.15, 0.2) is 0 Å². The quantitative estimate of drug-likeness (QED) is 0.725. The highest BCUT2D eigenvalue weighted by atomic mass is 16.2. The van der Waals surface area contributed by atoms with E-state index in [4.69, 9.17) is 0 Å². The molecule has 5 aliphatic rings. The molecule has 2 bridgehead atoms. The average molecular weight is 369 g/mol. The molecule has 142 valence electrons. The van der Waals surface area contributed by atoms with Gasteiger partial charge in [0, 0.05) is 19.0 Å². The number of fused-ring (bicyclic) bond motifs is 6. The van der Waals surface area contributed by atoms with Gasteiger partial charge in [-0.2, -0.15) is 0 Å². The molecule has 3 saturated carbocycles. The molecule has 8 heteroatoms. The molecule has 3 amide bonds. The van der Waals surface area contributed by atoms with E-state index in [9.17, 15) is 14.4 Å². The minimum absolute atomic E-state index is 0.109. The predicted molar refractivity (Wildman–Crippen MR) is 91.9 cm³/mol. The molecule has 0 spiro atoms. The Labute approximate surface area is 156 Å². The molecule has 27 heavy (non-hydrogen) atoms. The second-order valence-corrected chi connectivity index (χ2v) is 8.86. The van der Waals surface area contributed by atoms with Crippen LogP contribution in [0.3, 0.4) is 0 Å². The average Bonchev–Trinajstić information content (AvgIpc) is 3.04. The molecule has 1 aromatic heterocycles. The minimum Gasteiger partial charge on any atom is -0.332 e. The van der Waals surface area contributed by atoms with Crippen LogP contribution >= 0.6 is 0 Å². The van der Waals surface area contributed by atoms with Gasteiger partial charge in [-0.05, 0) is 43.9 Å². The molecule has 0 N–H and O–H groups in total. The van der Waals surface area contributed by atoms with Crippen LogP contribution in [-0.4, -0.2) is 55.4 Å². The Bertz CT molecular complexity index is 832. The summed E-state index contributed by atoms with van der Waals surface area (Å²) < 4.78 is 2.13. The fourth-order valence-corrected chi connectivity index (χ4v) is 5.90. The van der Waals surface area contributed by atoms with Crippen LogP contribution < -0.4 is 0 Å². The maximum atomic E-state index is 12.8. The lowest BCUT2D eigenvalue weighted by molar-refractivity contribution is -0.147. The summed E-state index contributed by atoms with van der Waals surface area (Å²) in [4.78, 5) is 41.4. The van der Waals surface area contributed by atoms with Gasteiger partial charge in [-0.1, -0.05) is 0 Å². The number of carbonyl (C=O) groups is 3. The van der Waals surface area contributed by atoms with Crippen LogP contribution in [0.2, 0.25) is 0 Å². The number of nitrogens with zero attached hydrogens (tertiary/aromatic N) is 5. The molecule has 4 fully saturated rings.